The van der Waals surface area contributed by atoms with Gasteiger partial charge in [-0.2, -0.15) is 0 Å². The van der Waals surface area contributed by atoms with Crippen LogP contribution in [0, 0.1) is 11.6 Å². The third kappa shape index (κ3) is 2.61. The lowest BCUT2D eigenvalue weighted by atomic mass is 10.0. The molecule has 1 heterocycles. The highest BCUT2D eigenvalue weighted by molar-refractivity contribution is 9.10. The summed E-state index contributed by atoms with van der Waals surface area (Å²) < 4.78 is 31.2. The molecular formula is C12H7BrF2O2. The van der Waals surface area contributed by atoms with Gasteiger partial charge in [-0.15, -0.1) is 0 Å². The number of furan rings is 1. The van der Waals surface area contributed by atoms with Crippen molar-refractivity contribution in [3.05, 3.63) is 58.0 Å². The van der Waals surface area contributed by atoms with Crippen molar-refractivity contribution < 1.29 is 18.0 Å². The number of hydrogen-bond acceptors (Lipinski definition) is 2. The molecule has 0 saturated heterocycles. The number of ketones is 1. The van der Waals surface area contributed by atoms with E-state index in [1.807, 2.05) is 0 Å². The number of Topliss-reactive ketones (excluding diaryl/α,β-unsaturated/α-hetero) is 1. The molecule has 0 amide bonds. The van der Waals surface area contributed by atoms with E-state index in [2.05, 4.69) is 15.9 Å². The fourth-order valence-corrected chi connectivity index (χ4v) is 1.89. The van der Waals surface area contributed by atoms with E-state index in [4.69, 9.17) is 4.42 Å². The summed E-state index contributed by atoms with van der Waals surface area (Å²) in [6.45, 7) is 0. The van der Waals surface area contributed by atoms with Gasteiger partial charge in [0.25, 0.3) is 0 Å². The smallest absolute Gasteiger partial charge is 0.179 e. The van der Waals surface area contributed by atoms with Gasteiger partial charge >= 0.3 is 0 Å². The molecule has 2 rings (SSSR count). The van der Waals surface area contributed by atoms with Gasteiger partial charge < -0.3 is 4.42 Å². The Morgan fingerprint density at radius 1 is 1.29 bits per heavy atom. The molecule has 0 unspecified atom stereocenters. The minimum Gasteiger partial charge on any atom is -0.457 e. The van der Waals surface area contributed by atoms with Gasteiger partial charge in [-0.3, -0.25) is 4.79 Å². The molecule has 1 aromatic carbocycles. The van der Waals surface area contributed by atoms with Crippen molar-refractivity contribution >= 4 is 21.7 Å². The van der Waals surface area contributed by atoms with Gasteiger partial charge in [-0.05, 0) is 33.6 Å². The normalized spacial score (nSPS) is 10.5. The highest BCUT2D eigenvalue weighted by Gasteiger charge is 2.15. The van der Waals surface area contributed by atoms with Crippen LogP contribution < -0.4 is 0 Å². The molecule has 2 nitrogen and oxygen atoms in total. The molecular weight excluding hydrogens is 294 g/mol. The molecule has 88 valence electrons. The number of carbonyl (C=O) groups excluding carboxylic acids is 1. The average molecular weight is 301 g/mol. The van der Waals surface area contributed by atoms with Crippen LogP contribution in [0.15, 0.2) is 39.6 Å². The maximum absolute atomic E-state index is 13.3. The zero-order chi connectivity index (χ0) is 12.4. The summed E-state index contributed by atoms with van der Waals surface area (Å²) in [6.07, 6.45) is 1.22. The van der Waals surface area contributed by atoms with Gasteiger partial charge in [0.1, 0.15) is 11.6 Å². The van der Waals surface area contributed by atoms with Crippen LogP contribution in [0.4, 0.5) is 8.78 Å². The molecule has 0 radical (unpaired) electrons. The Kier molecular flexibility index (Phi) is 3.38. The summed E-state index contributed by atoms with van der Waals surface area (Å²) in [5.74, 6) is -1.68. The van der Waals surface area contributed by atoms with Crippen LogP contribution in [0.2, 0.25) is 0 Å². The topological polar surface area (TPSA) is 30.2 Å². The van der Waals surface area contributed by atoms with Crippen LogP contribution in [0.5, 0.6) is 0 Å². The molecule has 0 N–H and O–H groups in total. The van der Waals surface area contributed by atoms with Gasteiger partial charge in [0.15, 0.2) is 10.5 Å². The van der Waals surface area contributed by atoms with Crippen LogP contribution in [0.1, 0.15) is 15.9 Å². The van der Waals surface area contributed by atoms with E-state index >= 15 is 0 Å². The average Bonchev–Trinajstić information content (AvgIpc) is 2.68. The molecule has 2 aromatic rings. The van der Waals surface area contributed by atoms with E-state index in [-0.39, 0.29) is 17.8 Å². The Hall–Kier alpha value is -1.49. The van der Waals surface area contributed by atoms with Gasteiger partial charge in [0.05, 0.1) is 11.8 Å². The second-order valence-corrected chi connectivity index (χ2v) is 4.16. The first kappa shape index (κ1) is 12.0. The molecule has 0 aliphatic rings. The van der Waals surface area contributed by atoms with Crippen LogP contribution in [-0.4, -0.2) is 5.78 Å². The summed E-state index contributed by atoms with van der Waals surface area (Å²) in [5, 5.41) is 0. The van der Waals surface area contributed by atoms with Crippen LogP contribution >= 0.6 is 15.9 Å². The predicted octanol–water partition coefficient (Wildman–Crippen LogP) is 3.75. The molecule has 5 heteroatoms. The lowest BCUT2D eigenvalue weighted by molar-refractivity contribution is 0.0990. The van der Waals surface area contributed by atoms with E-state index in [1.54, 1.807) is 0 Å². The molecule has 0 atom stereocenters. The maximum Gasteiger partial charge on any atom is 0.179 e. The number of rotatable bonds is 3. The highest BCUT2D eigenvalue weighted by atomic mass is 79.9. The Morgan fingerprint density at radius 3 is 2.65 bits per heavy atom. The minimum atomic E-state index is -0.724. The second kappa shape index (κ2) is 4.79. The zero-order valence-electron chi connectivity index (χ0n) is 8.54. The van der Waals surface area contributed by atoms with E-state index < -0.39 is 11.6 Å². The van der Waals surface area contributed by atoms with E-state index in [0.717, 1.165) is 12.1 Å². The molecule has 17 heavy (non-hydrogen) atoms. The molecule has 0 aliphatic carbocycles. The maximum atomic E-state index is 13.3. The Morgan fingerprint density at radius 2 is 2.06 bits per heavy atom. The molecule has 1 aromatic heterocycles. The van der Waals surface area contributed by atoms with E-state index in [1.165, 1.54) is 18.4 Å². The first-order chi connectivity index (χ1) is 8.08. The quantitative estimate of drug-likeness (QED) is 0.808. The van der Waals surface area contributed by atoms with Crippen molar-refractivity contribution in [3.8, 4) is 0 Å². The summed E-state index contributed by atoms with van der Waals surface area (Å²) >= 11 is 3.07. The lowest BCUT2D eigenvalue weighted by Gasteiger charge is -2.01. The van der Waals surface area contributed by atoms with Crippen molar-refractivity contribution in [3.63, 3.8) is 0 Å². The zero-order valence-corrected chi connectivity index (χ0v) is 10.1. The van der Waals surface area contributed by atoms with Crippen molar-refractivity contribution in [2.75, 3.05) is 0 Å². The number of benzene rings is 1. The number of hydrogen-bond donors (Lipinski definition) is 0. The monoisotopic (exact) mass is 300 g/mol. The van der Waals surface area contributed by atoms with Crippen LogP contribution in [0.25, 0.3) is 0 Å². The third-order valence-electron chi connectivity index (χ3n) is 2.28. The largest absolute Gasteiger partial charge is 0.457 e. The summed E-state index contributed by atoms with van der Waals surface area (Å²) in [5.41, 5.74) is 0.498. The standard InChI is InChI=1S/C12H7BrF2O2/c13-12-9(3-4-17-12)11(16)5-7-1-2-8(14)6-10(7)15/h1-4,6H,5H2. The predicted molar refractivity (Wildman–Crippen MR) is 60.8 cm³/mol. The lowest BCUT2D eigenvalue weighted by Crippen LogP contribution is -2.05. The fourth-order valence-electron chi connectivity index (χ4n) is 1.43. The number of carbonyl (C=O) groups is 1. The molecule has 0 spiro atoms. The molecule has 0 bridgehead atoms. The third-order valence-corrected chi connectivity index (χ3v) is 2.90. The van der Waals surface area contributed by atoms with Gasteiger partial charge in [0, 0.05) is 12.5 Å². The number of halogens is 3. The van der Waals surface area contributed by atoms with Crippen molar-refractivity contribution in [1.29, 1.82) is 0 Å². The Balaban J connectivity index is 2.22. The summed E-state index contributed by atoms with van der Waals surface area (Å²) in [7, 11) is 0. The van der Waals surface area contributed by atoms with Crippen molar-refractivity contribution in [2.24, 2.45) is 0 Å². The summed E-state index contributed by atoms with van der Waals surface area (Å²) in [6, 6.07) is 4.63. The SMILES string of the molecule is O=C(Cc1ccc(F)cc1F)c1ccoc1Br. The van der Waals surface area contributed by atoms with E-state index in [9.17, 15) is 13.6 Å². The molecule has 0 fully saturated rings. The van der Waals surface area contributed by atoms with Crippen molar-refractivity contribution in [1.82, 2.24) is 0 Å². The Bertz CT molecular complexity index is 563. The van der Waals surface area contributed by atoms with Crippen molar-refractivity contribution in [2.45, 2.75) is 6.42 Å². The van der Waals surface area contributed by atoms with Crippen LogP contribution in [-0.2, 0) is 6.42 Å². The Labute approximate surface area is 104 Å². The minimum absolute atomic E-state index is 0.135. The first-order valence-electron chi connectivity index (χ1n) is 4.78. The fraction of sp³-hybridized carbons (Fsp3) is 0.0833. The van der Waals surface area contributed by atoms with Gasteiger partial charge in [0.2, 0.25) is 0 Å². The van der Waals surface area contributed by atoms with Crippen LogP contribution in [0.3, 0.4) is 0 Å². The van der Waals surface area contributed by atoms with E-state index in [0.29, 0.717) is 10.2 Å². The molecule has 0 saturated carbocycles. The second-order valence-electron chi connectivity index (χ2n) is 3.44. The highest BCUT2D eigenvalue weighted by Crippen LogP contribution is 2.20. The molecule has 0 aliphatic heterocycles. The summed E-state index contributed by atoms with van der Waals surface area (Å²) in [4.78, 5) is 11.8. The van der Waals surface area contributed by atoms with Gasteiger partial charge in [-0.25, -0.2) is 8.78 Å². The first-order valence-corrected chi connectivity index (χ1v) is 5.57. The van der Waals surface area contributed by atoms with Gasteiger partial charge in [-0.1, -0.05) is 6.07 Å².